The van der Waals surface area contributed by atoms with E-state index in [0.717, 1.165) is 37.9 Å². The van der Waals surface area contributed by atoms with E-state index in [-0.39, 0.29) is 11.8 Å². The second-order valence-electron chi connectivity index (χ2n) is 6.02. The first-order valence-corrected chi connectivity index (χ1v) is 8.31. The van der Waals surface area contributed by atoms with Crippen LogP contribution in [-0.2, 0) is 17.6 Å². The number of hydrogen-bond donors (Lipinski definition) is 2. The lowest BCUT2D eigenvalue weighted by molar-refractivity contribution is -0.125. The molecule has 4 heteroatoms. The van der Waals surface area contributed by atoms with E-state index >= 15 is 0 Å². The largest absolute Gasteiger partial charge is 0.384 e. The number of carbonyl (C=O) groups is 1. The van der Waals surface area contributed by atoms with Gasteiger partial charge in [-0.25, -0.2) is 0 Å². The van der Waals surface area contributed by atoms with Crippen LogP contribution in [0, 0.1) is 5.92 Å². The van der Waals surface area contributed by atoms with Gasteiger partial charge in [0.1, 0.15) is 0 Å². The summed E-state index contributed by atoms with van der Waals surface area (Å²) in [6.45, 7) is 1.55. The van der Waals surface area contributed by atoms with E-state index in [0.29, 0.717) is 6.54 Å². The van der Waals surface area contributed by atoms with Crippen molar-refractivity contribution in [3.63, 3.8) is 0 Å². The Kier molecular flexibility index (Phi) is 5.25. The molecule has 1 atom stereocenters. The van der Waals surface area contributed by atoms with Gasteiger partial charge < -0.3 is 10.6 Å². The van der Waals surface area contributed by atoms with Gasteiger partial charge in [-0.05, 0) is 48.9 Å². The maximum absolute atomic E-state index is 12.3. The molecule has 0 saturated heterocycles. The van der Waals surface area contributed by atoms with Gasteiger partial charge in [-0.15, -0.1) is 0 Å². The molecule has 0 aliphatic heterocycles. The summed E-state index contributed by atoms with van der Waals surface area (Å²) in [5.41, 5.74) is 3.75. The third kappa shape index (κ3) is 4.31. The molecule has 0 saturated carbocycles. The Balaban J connectivity index is 1.37. The highest BCUT2D eigenvalue weighted by atomic mass is 16.1. The summed E-state index contributed by atoms with van der Waals surface area (Å²) in [5.74, 6) is 0.317. The minimum Gasteiger partial charge on any atom is -0.384 e. The van der Waals surface area contributed by atoms with E-state index in [2.05, 4.69) is 39.9 Å². The van der Waals surface area contributed by atoms with E-state index < -0.39 is 0 Å². The van der Waals surface area contributed by atoms with E-state index in [1.54, 1.807) is 12.4 Å². The number of fused-ring (bicyclic) bond motifs is 1. The molecule has 0 unspecified atom stereocenters. The van der Waals surface area contributed by atoms with Crippen LogP contribution >= 0.6 is 0 Å². The van der Waals surface area contributed by atoms with Crippen LogP contribution in [0.4, 0.5) is 5.69 Å². The van der Waals surface area contributed by atoms with Gasteiger partial charge in [-0.2, -0.15) is 0 Å². The summed E-state index contributed by atoms with van der Waals surface area (Å²) in [6, 6.07) is 12.4. The number of pyridine rings is 1. The molecule has 3 rings (SSSR count). The maximum Gasteiger partial charge on any atom is 0.223 e. The van der Waals surface area contributed by atoms with Crippen LogP contribution < -0.4 is 10.6 Å². The molecule has 120 valence electrons. The molecule has 0 fully saturated rings. The third-order valence-corrected chi connectivity index (χ3v) is 4.36. The van der Waals surface area contributed by atoms with Gasteiger partial charge in [0, 0.05) is 31.4 Å². The summed E-state index contributed by atoms with van der Waals surface area (Å²) >= 11 is 0. The molecule has 1 aromatic heterocycles. The average Bonchev–Trinajstić information content (AvgIpc) is 2.61. The number of carbonyl (C=O) groups excluding carboxylic acids is 1. The normalized spacial score (nSPS) is 16.4. The molecule has 4 nitrogen and oxygen atoms in total. The minimum absolute atomic E-state index is 0.121. The molecule has 23 heavy (non-hydrogen) atoms. The molecule has 0 bridgehead atoms. The zero-order chi connectivity index (χ0) is 15.9. The SMILES string of the molecule is O=C(NCCCNc1cccnc1)[C@@H]1CCc2ccccc2C1. The van der Waals surface area contributed by atoms with Crippen LogP contribution in [-0.4, -0.2) is 24.0 Å². The molecular weight excluding hydrogens is 286 g/mol. The second-order valence-corrected chi connectivity index (χ2v) is 6.02. The number of rotatable bonds is 6. The van der Waals surface area contributed by atoms with Gasteiger partial charge >= 0.3 is 0 Å². The number of anilines is 1. The lowest BCUT2D eigenvalue weighted by Crippen LogP contribution is -2.35. The first kappa shape index (κ1) is 15.5. The monoisotopic (exact) mass is 309 g/mol. The number of amides is 1. The lowest BCUT2D eigenvalue weighted by Gasteiger charge is -2.23. The summed E-state index contributed by atoms with van der Waals surface area (Å²) in [7, 11) is 0. The fourth-order valence-corrected chi connectivity index (χ4v) is 3.07. The van der Waals surface area contributed by atoms with E-state index in [1.807, 2.05) is 12.1 Å². The molecule has 1 amide bonds. The summed E-state index contributed by atoms with van der Waals surface area (Å²) in [4.78, 5) is 16.4. The summed E-state index contributed by atoms with van der Waals surface area (Å²) in [6.07, 6.45) is 7.30. The standard InChI is InChI=1S/C19H23N3O/c23-19(17-9-8-15-5-1-2-6-16(15)13-17)22-12-4-11-21-18-7-3-10-20-14-18/h1-3,5-7,10,14,17,21H,4,8-9,11-13H2,(H,22,23)/t17-/m1/s1. The van der Waals surface area contributed by atoms with Gasteiger partial charge in [0.2, 0.25) is 5.91 Å². The van der Waals surface area contributed by atoms with Gasteiger partial charge in [0.15, 0.2) is 0 Å². The molecule has 1 aliphatic rings. The number of nitrogens with one attached hydrogen (secondary N) is 2. The van der Waals surface area contributed by atoms with Crippen LogP contribution in [0.5, 0.6) is 0 Å². The van der Waals surface area contributed by atoms with Crippen molar-refractivity contribution in [1.29, 1.82) is 0 Å². The Bertz CT molecular complexity index is 642. The topological polar surface area (TPSA) is 54.0 Å². The van der Waals surface area contributed by atoms with Crippen LogP contribution in [0.15, 0.2) is 48.8 Å². The molecule has 0 radical (unpaired) electrons. The first-order chi connectivity index (χ1) is 11.3. The number of aryl methyl sites for hydroxylation is 1. The summed E-state index contributed by atoms with van der Waals surface area (Å²) in [5, 5.41) is 6.37. The van der Waals surface area contributed by atoms with Gasteiger partial charge in [0.05, 0.1) is 5.69 Å². The average molecular weight is 309 g/mol. The number of nitrogens with zero attached hydrogens (tertiary/aromatic N) is 1. The lowest BCUT2D eigenvalue weighted by atomic mass is 9.83. The smallest absolute Gasteiger partial charge is 0.223 e. The molecular formula is C19H23N3O. The Morgan fingerprint density at radius 3 is 2.83 bits per heavy atom. The minimum atomic E-state index is 0.121. The zero-order valence-electron chi connectivity index (χ0n) is 13.3. The fraction of sp³-hybridized carbons (Fsp3) is 0.368. The van der Waals surface area contributed by atoms with Gasteiger partial charge in [-0.1, -0.05) is 24.3 Å². The van der Waals surface area contributed by atoms with Gasteiger partial charge in [0.25, 0.3) is 0 Å². The quantitative estimate of drug-likeness (QED) is 0.807. The second kappa shape index (κ2) is 7.77. The summed E-state index contributed by atoms with van der Waals surface area (Å²) < 4.78 is 0. The van der Waals surface area contributed by atoms with Crippen molar-refractivity contribution in [1.82, 2.24) is 10.3 Å². The van der Waals surface area contributed by atoms with Crippen molar-refractivity contribution < 1.29 is 4.79 Å². The van der Waals surface area contributed by atoms with Crippen molar-refractivity contribution in [2.24, 2.45) is 5.92 Å². The predicted molar refractivity (Wildman–Crippen MR) is 92.3 cm³/mol. The van der Waals surface area contributed by atoms with Crippen molar-refractivity contribution in [2.75, 3.05) is 18.4 Å². The van der Waals surface area contributed by atoms with Crippen molar-refractivity contribution in [3.8, 4) is 0 Å². The van der Waals surface area contributed by atoms with Crippen LogP contribution in [0.1, 0.15) is 24.0 Å². The fourth-order valence-electron chi connectivity index (χ4n) is 3.07. The molecule has 1 aromatic carbocycles. The highest BCUT2D eigenvalue weighted by Crippen LogP contribution is 2.25. The maximum atomic E-state index is 12.3. The first-order valence-electron chi connectivity index (χ1n) is 8.31. The Labute approximate surface area is 137 Å². The number of hydrogen-bond acceptors (Lipinski definition) is 3. The van der Waals surface area contributed by atoms with Crippen molar-refractivity contribution >= 4 is 11.6 Å². The highest BCUT2D eigenvalue weighted by molar-refractivity contribution is 5.79. The molecule has 1 heterocycles. The number of aromatic nitrogens is 1. The van der Waals surface area contributed by atoms with Gasteiger partial charge in [-0.3, -0.25) is 9.78 Å². The number of benzene rings is 1. The van der Waals surface area contributed by atoms with E-state index in [1.165, 1.54) is 11.1 Å². The predicted octanol–water partition coefficient (Wildman–Crippen LogP) is 2.80. The molecule has 0 spiro atoms. The van der Waals surface area contributed by atoms with Crippen LogP contribution in [0.3, 0.4) is 0 Å². The molecule has 2 aromatic rings. The Morgan fingerprint density at radius 1 is 1.13 bits per heavy atom. The van der Waals surface area contributed by atoms with Crippen LogP contribution in [0.2, 0.25) is 0 Å². The van der Waals surface area contributed by atoms with Crippen LogP contribution in [0.25, 0.3) is 0 Å². The highest BCUT2D eigenvalue weighted by Gasteiger charge is 2.23. The zero-order valence-corrected chi connectivity index (χ0v) is 13.3. The third-order valence-electron chi connectivity index (χ3n) is 4.36. The van der Waals surface area contributed by atoms with E-state index in [4.69, 9.17) is 0 Å². The van der Waals surface area contributed by atoms with Crippen molar-refractivity contribution in [2.45, 2.75) is 25.7 Å². The Morgan fingerprint density at radius 2 is 2.00 bits per heavy atom. The molecule has 2 N–H and O–H groups in total. The van der Waals surface area contributed by atoms with Crippen molar-refractivity contribution in [3.05, 3.63) is 59.9 Å². The molecule has 1 aliphatic carbocycles. The van der Waals surface area contributed by atoms with E-state index in [9.17, 15) is 4.79 Å². The Hall–Kier alpha value is -2.36.